The molecule has 1 aromatic carbocycles. The van der Waals surface area contributed by atoms with Gasteiger partial charge in [-0.2, -0.15) is 0 Å². The van der Waals surface area contributed by atoms with E-state index in [1.165, 1.54) is 25.0 Å². The lowest BCUT2D eigenvalue weighted by atomic mass is 10.0. The molecule has 1 aromatic rings. The molecule has 1 atom stereocenters. The largest absolute Gasteiger partial charge is 0.379 e. The smallest absolute Gasteiger partial charge is 0.152 e. The molecule has 0 radical (unpaired) electrons. The first-order valence-corrected chi connectivity index (χ1v) is 6.10. The number of hydrogen-bond acceptors (Lipinski definition) is 2. The molecular weight excluding hydrogens is 222 g/mol. The van der Waals surface area contributed by atoms with Gasteiger partial charge in [-0.05, 0) is 37.9 Å². The molecule has 1 unspecified atom stereocenters. The molecule has 0 saturated carbocycles. The molecule has 1 aliphatic heterocycles. The van der Waals surface area contributed by atoms with Crippen molar-refractivity contribution in [1.82, 2.24) is 5.32 Å². The number of nitrogens with one attached hydrogen (secondary N) is 2. The second-order valence-electron chi connectivity index (χ2n) is 4.58. The zero-order valence-electron chi connectivity index (χ0n) is 10.0. The Balaban J connectivity index is 2.00. The van der Waals surface area contributed by atoms with Crippen molar-refractivity contribution in [1.29, 1.82) is 0 Å². The van der Waals surface area contributed by atoms with Gasteiger partial charge in [0.15, 0.2) is 5.82 Å². The Morgan fingerprint density at radius 3 is 2.88 bits per heavy atom. The molecule has 1 saturated heterocycles. The summed E-state index contributed by atoms with van der Waals surface area (Å²) in [7, 11) is 0. The molecule has 1 aliphatic rings. The lowest BCUT2D eigenvalue weighted by molar-refractivity contribution is 0.413. The maximum Gasteiger partial charge on any atom is 0.152 e. The Morgan fingerprint density at radius 1 is 1.35 bits per heavy atom. The summed E-state index contributed by atoms with van der Waals surface area (Å²) in [6.45, 7) is 3.20. The number of rotatable bonds is 3. The van der Waals surface area contributed by atoms with Crippen LogP contribution in [-0.4, -0.2) is 19.1 Å². The van der Waals surface area contributed by atoms with Crippen LogP contribution in [0, 0.1) is 18.6 Å². The summed E-state index contributed by atoms with van der Waals surface area (Å²) in [6.07, 6.45) is 3.42. The molecule has 0 bridgehead atoms. The van der Waals surface area contributed by atoms with Gasteiger partial charge < -0.3 is 10.6 Å². The molecule has 0 amide bonds. The Hall–Kier alpha value is -1.16. The van der Waals surface area contributed by atoms with Crippen molar-refractivity contribution in [2.24, 2.45) is 0 Å². The SMILES string of the molecule is Cc1ccc(F)c(NCC2CCCCN2)c1F. The third kappa shape index (κ3) is 2.94. The van der Waals surface area contributed by atoms with E-state index in [9.17, 15) is 8.78 Å². The lowest BCUT2D eigenvalue weighted by Gasteiger charge is -2.24. The maximum atomic E-state index is 13.7. The molecule has 0 aromatic heterocycles. The van der Waals surface area contributed by atoms with E-state index in [2.05, 4.69) is 10.6 Å². The average molecular weight is 240 g/mol. The summed E-state index contributed by atoms with van der Waals surface area (Å²) < 4.78 is 27.2. The van der Waals surface area contributed by atoms with Gasteiger partial charge in [-0.1, -0.05) is 12.5 Å². The van der Waals surface area contributed by atoms with E-state index in [1.807, 2.05) is 0 Å². The van der Waals surface area contributed by atoms with E-state index < -0.39 is 11.6 Å². The van der Waals surface area contributed by atoms with Crippen molar-refractivity contribution < 1.29 is 8.78 Å². The predicted molar refractivity (Wildman–Crippen MR) is 65.2 cm³/mol. The Labute approximate surface area is 100 Å². The van der Waals surface area contributed by atoms with E-state index in [-0.39, 0.29) is 5.69 Å². The van der Waals surface area contributed by atoms with Gasteiger partial charge >= 0.3 is 0 Å². The Morgan fingerprint density at radius 2 is 2.18 bits per heavy atom. The van der Waals surface area contributed by atoms with Gasteiger partial charge in [0.2, 0.25) is 0 Å². The second-order valence-corrected chi connectivity index (χ2v) is 4.58. The monoisotopic (exact) mass is 240 g/mol. The normalized spacial score (nSPS) is 20.3. The minimum absolute atomic E-state index is 0.00243. The summed E-state index contributed by atoms with van der Waals surface area (Å²) in [5.74, 6) is -1.01. The van der Waals surface area contributed by atoms with Gasteiger partial charge in [0.1, 0.15) is 11.5 Å². The van der Waals surface area contributed by atoms with Crippen molar-refractivity contribution in [2.45, 2.75) is 32.2 Å². The van der Waals surface area contributed by atoms with E-state index in [0.29, 0.717) is 18.2 Å². The van der Waals surface area contributed by atoms with Crippen LogP contribution in [-0.2, 0) is 0 Å². The highest BCUT2D eigenvalue weighted by Gasteiger charge is 2.15. The molecule has 2 nitrogen and oxygen atoms in total. The van der Waals surface area contributed by atoms with E-state index in [4.69, 9.17) is 0 Å². The van der Waals surface area contributed by atoms with Gasteiger partial charge in [0.05, 0.1) is 0 Å². The molecule has 4 heteroatoms. The van der Waals surface area contributed by atoms with E-state index >= 15 is 0 Å². The molecule has 1 heterocycles. The topological polar surface area (TPSA) is 24.1 Å². The Kier molecular flexibility index (Phi) is 3.94. The van der Waals surface area contributed by atoms with Gasteiger partial charge in [-0.25, -0.2) is 8.78 Å². The van der Waals surface area contributed by atoms with Crippen LogP contribution in [0.2, 0.25) is 0 Å². The summed E-state index contributed by atoms with van der Waals surface area (Å²) in [5.41, 5.74) is 0.461. The number of benzene rings is 1. The summed E-state index contributed by atoms with van der Waals surface area (Å²) in [4.78, 5) is 0. The van der Waals surface area contributed by atoms with Crippen LogP contribution in [0.25, 0.3) is 0 Å². The fraction of sp³-hybridized carbons (Fsp3) is 0.538. The number of halogens is 2. The van der Waals surface area contributed by atoms with Crippen LogP contribution in [0.15, 0.2) is 12.1 Å². The molecule has 2 rings (SSSR count). The maximum absolute atomic E-state index is 13.7. The number of hydrogen-bond donors (Lipinski definition) is 2. The van der Waals surface area contributed by atoms with Crippen molar-refractivity contribution in [3.05, 3.63) is 29.3 Å². The highest BCUT2D eigenvalue weighted by atomic mass is 19.1. The van der Waals surface area contributed by atoms with Crippen LogP contribution >= 0.6 is 0 Å². The van der Waals surface area contributed by atoms with E-state index in [1.54, 1.807) is 6.92 Å². The zero-order chi connectivity index (χ0) is 12.3. The van der Waals surface area contributed by atoms with Crippen molar-refractivity contribution in [2.75, 3.05) is 18.4 Å². The molecule has 1 fully saturated rings. The first-order valence-electron chi connectivity index (χ1n) is 6.10. The summed E-state index contributed by atoms with van der Waals surface area (Å²) in [5, 5.41) is 6.21. The van der Waals surface area contributed by atoms with Gasteiger partial charge in [0, 0.05) is 12.6 Å². The van der Waals surface area contributed by atoms with E-state index in [0.717, 1.165) is 13.0 Å². The van der Waals surface area contributed by atoms with Crippen LogP contribution in [0.3, 0.4) is 0 Å². The average Bonchev–Trinajstić information content (AvgIpc) is 2.35. The van der Waals surface area contributed by atoms with Crippen molar-refractivity contribution in [3.8, 4) is 0 Å². The van der Waals surface area contributed by atoms with Crippen LogP contribution < -0.4 is 10.6 Å². The zero-order valence-corrected chi connectivity index (χ0v) is 10.0. The summed E-state index contributed by atoms with van der Waals surface area (Å²) >= 11 is 0. The highest BCUT2D eigenvalue weighted by Crippen LogP contribution is 2.21. The fourth-order valence-corrected chi connectivity index (χ4v) is 2.14. The summed E-state index contributed by atoms with van der Waals surface area (Å²) in [6, 6.07) is 3.06. The predicted octanol–water partition coefficient (Wildman–Crippen LogP) is 2.83. The first-order chi connectivity index (χ1) is 8.18. The third-order valence-corrected chi connectivity index (χ3v) is 3.22. The molecule has 17 heavy (non-hydrogen) atoms. The highest BCUT2D eigenvalue weighted by molar-refractivity contribution is 5.49. The lowest BCUT2D eigenvalue weighted by Crippen LogP contribution is -2.39. The van der Waals surface area contributed by atoms with Crippen molar-refractivity contribution in [3.63, 3.8) is 0 Å². The van der Waals surface area contributed by atoms with Gasteiger partial charge in [-0.3, -0.25) is 0 Å². The van der Waals surface area contributed by atoms with Crippen LogP contribution in [0.1, 0.15) is 24.8 Å². The van der Waals surface area contributed by atoms with Crippen LogP contribution in [0.4, 0.5) is 14.5 Å². The Bertz CT molecular complexity index is 387. The number of anilines is 1. The second kappa shape index (κ2) is 5.45. The number of piperidine rings is 1. The quantitative estimate of drug-likeness (QED) is 0.849. The minimum atomic E-state index is -0.524. The third-order valence-electron chi connectivity index (χ3n) is 3.22. The van der Waals surface area contributed by atoms with Gasteiger partial charge in [-0.15, -0.1) is 0 Å². The molecule has 0 spiro atoms. The molecule has 0 aliphatic carbocycles. The fourth-order valence-electron chi connectivity index (χ4n) is 2.14. The number of aryl methyl sites for hydroxylation is 1. The molecular formula is C13H18F2N2. The van der Waals surface area contributed by atoms with Crippen LogP contribution in [0.5, 0.6) is 0 Å². The van der Waals surface area contributed by atoms with Crippen molar-refractivity contribution >= 4 is 5.69 Å². The first kappa shape index (κ1) is 12.3. The van der Waals surface area contributed by atoms with Gasteiger partial charge in [0.25, 0.3) is 0 Å². The molecule has 2 N–H and O–H groups in total. The standard InChI is InChI=1S/C13H18F2N2/c1-9-5-6-11(14)13(12(9)15)17-8-10-4-2-3-7-16-10/h5-6,10,16-17H,2-4,7-8H2,1H3. The molecule has 94 valence electrons. The minimum Gasteiger partial charge on any atom is -0.379 e.